The molecule has 0 atom stereocenters. The molecule has 0 aliphatic heterocycles. The largest absolute Gasteiger partial charge is 0.545 e. The Hall–Kier alpha value is -1.72. The lowest BCUT2D eigenvalue weighted by molar-refractivity contribution is -0.297. The molecule has 0 radical (unpaired) electrons. The van der Waals surface area contributed by atoms with Crippen LogP contribution in [0.5, 0.6) is 0 Å². The maximum atomic E-state index is 12.0. The highest BCUT2D eigenvalue weighted by Gasteiger charge is 2.34. The number of carbonyl (C=O) groups is 1. The normalized spacial score (nSPS) is 12.2. The average Bonchev–Trinajstić information content (AvgIpc) is 2.47. The second-order valence-corrected chi connectivity index (χ2v) is 2.35. The van der Waals surface area contributed by atoms with E-state index in [0.29, 0.717) is 6.08 Å². The van der Waals surface area contributed by atoms with Gasteiger partial charge in [0.1, 0.15) is 5.76 Å². The van der Waals surface area contributed by atoms with Crippen LogP contribution < -0.4 is 5.11 Å². The van der Waals surface area contributed by atoms with Crippen LogP contribution in [-0.2, 0) is 11.0 Å². The Morgan fingerprint density at radius 3 is 2.50 bits per heavy atom. The first-order chi connectivity index (χ1) is 6.39. The average molecular weight is 205 g/mol. The maximum Gasteiger partial charge on any atom is 0.449 e. The van der Waals surface area contributed by atoms with Crippen molar-refractivity contribution in [2.45, 2.75) is 6.18 Å². The number of aliphatic carboxylic acids is 1. The highest BCUT2D eigenvalue weighted by atomic mass is 19.4. The van der Waals surface area contributed by atoms with Crippen LogP contribution in [0.25, 0.3) is 6.08 Å². The van der Waals surface area contributed by atoms with Gasteiger partial charge in [0.05, 0.1) is 5.97 Å². The van der Waals surface area contributed by atoms with Crippen LogP contribution in [0.15, 0.2) is 22.6 Å². The molecule has 0 saturated heterocycles. The molecule has 1 aromatic rings. The SMILES string of the molecule is O=C([O-])/C=C/c1ccc(C(F)(F)F)o1. The highest BCUT2D eigenvalue weighted by Crippen LogP contribution is 2.30. The summed E-state index contributed by atoms with van der Waals surface area (Å²) in [6, 6.07) is 1.73. The van der Waals surface area contributed by atoms with Gasteiger partial charge in [-0.05, 0) is 24.3 Å². The van der Waals surface area contributed by atoms with Crippen LogP contribution in [-0.4, -0.2) is 5.97 Å². The zero-order valence-corrected chi connectivity index (χ0v) is 6.67. The van der Waals surface area contributed by atoms with Gasteiger partial charge in [-0.15, -0.1) is 0 Å². The fraction of sp³-hybridized carbons (Fsp3) is 0.125. The summed E-state index contributed by atoms with van der Waals surface area (Å²) >= 11 is 0. The van der Waals surface area contributed by atoms with Crippen molar-refractivity contribution in [3.63, 3.8) is 0 Å². The third kappa shape index (κ3) is 2.65. The Balaban J connectivity index is 2.84. The molecular formula is C8H4F3O3-. The fourth-order valence-electron chi connectivity index (χ4n) is 0.745. The molecule has 0 N–H and O–H groups in total. The number of hydrogen-bond acceptors (Lipinski definition) is 3. The molecule has 14 heavy (non-hydrogen) atoms. The minimum absolute atomic E-state index is 0.193. The van der Waals surface area contributed by atoms with Crippen molar-refractivity contribution in [3.05, 3.63) is 29.7 Å². The lowest BCUT2D eigenvalue weighted by Crippen LogP contribution is -2.18. The lowest BCUT2D eigenvalue weighted by atomic mass is 10.4. The van der Waals surface area contributed by atoms with E-state index in [9.17, 15) is 23.1 Å². The number of furan rings is 1. The molecule has 76 valence electrons. The summed E-state index contributed by atoms with van der Waals surface area (Å²) in [5.74, 6) is -2.87. The van der Waals surface area contributed by atoms with Crippen LogP contribution in [0, 0.1) is 0 Å². The van der Waals surface area contributed by atoms with E-state index in [-0.39, 0.29) is 5.76 Å². The van der Waals surface area contributed by atoms with Gasteiger partial charge in [0, 0.05) is 0 Å². The summed E-state index contributed by atoms with van der Waals surface area (Å²) in [7, 11) is 0. The number of carboxylic acids is 1. The first kappa shape index (κ1) is 10.4. The molecule has 3 nitrogen and oxygen atoms in total. The Bertz CT molecular complexity index is 362. The topological polar surface area (TPSA) is 53.3 Å². The zero-order valence-electron chi connectivity index (χ0n) is 6.67. The number of carboxylic acid groups (broad SMARTS) is 1. The van der Waals surface area contributed by atoms with E-state index in [2.05, 4.69) is 4.42 Å². The summed E-state index contributed by atoms with van der Waals surface area (Å²) in [6.07, 6.45) is -3.10. The molecule has 0 amide bonds. The lowest BCUT2D eigenvalue weighted by Gasteiger charge is -1.99. The Kier molecular flexibility index (Phi) is 2.64. The van der Waals surface area contributed by atoms with Gasteiger partial charge in [0.2, 0.25) is 5.76 Å². The van der Waals surface area contributed by atoms with Gasteiger partial charge in [-0.25, -0.2) is 0 Å². The van der Waals surface area contributed by atoms with Crippen molar-refractivity contribution < 1.29 is 27.5 Å². The van der Waals surface area contributed by atoms with E-state index < -0.39 is 17.9 Å². The number of hydrogen-bond donors (Lipinski definition) is 0. The van der Waals surface area contributed by atoms with Crippen molar-refractivity contribution in [1.29, 1.82) is 0 Å². The van der Waals surface area contributed by atoms with Crippen LogP contribution in [0.2, 0.25) is 0 Å². The van der Waals surface area contributed by atoms with Gasteiger partial charge in [0.15, 0.2) is 0 Å². The molecule has 0 bridgehead atoms. The quantitative estimate of drug-likeness (QED) is 0.678. The summed E-state index contributed by atoms with van der Waals surface area (Å²) < 4.78 is 40.2. The van der Waals surface area contributed by atoms with E-state index in [1.807, 2.05) is 0 Å². The number of carbonyl (C=O) groups excluding carboxylic acids is 1. The predicted molar refractivity (Wildman–Crippen MR) is 37.8 cm³/mol. The molecule has 0 aromatic carbocycles. The Labute approximate surface area is 76.4 Å². The first-order valence-corrected chi connectivity index (χ1v) is 3.45. The molecule has 0 aliphatic carbocycles. The van der Waals surface area contributed by atoms with Gasteiger partial charge in [0.25, 0.3) is 0 Å². The van der Waals surface area contributed by atoms with Crippen molar-refractivity contribution in [2.75, 3.05) is 0 Å². The van der Waals surface area contributed by atoms with Crippen molar-refractivity contribution in [1.82, 2.24) is 0 Å². The Morgan fingerprint density at radius 2 is 2.07 bits per heavy atom. The zero-order chi connectivity index (χ0) is 10.8. The van der Waals surface area contributed by atoms with Gasteiger partial charge in [-0.1, -0.05) is 0 Å². The van der Waals surface area contributed by atoms with Crippen molar-refractivity contribution >= 4 is 12.0 Å². The molecule has 0 saturated carbocycles. The van der Waals surface area contributed by atoms with Gasteiger partial charge in [-0.2, -0.15) is 13.2 Å². The van der Waals surface area contributed by atoms with E-state index in [0.717, 1.165) is 18.2 Å². The summed E-state index contributed by atoms with van der Waals surface area (Å²) in [4.78, 5) is 9.91. The minimum atomic E-state index is -4.56. The molecule has 6 heteroatoms. The molecule has 1 rings (SSSR count). The summed E-state index contributed by atoms with van der Waals surface area (Å²) in [5.41, 5.74) is 0. The standard InChI is InChI=1S/C8H5F3O3/c9-8(10,11)6-3-1-5(14-6)2-4-7(12)13/h1-4H,(H,12,13)/p-1/b4-2+. The fourth-order valence-corrected chi connectivity index (χ4v) is 0.745. The summed E-state index contributed by atoms with van der Waals surface area (Å²) in [5, 5.41) is 9.91. The second-order valence-electron chi connectivity index (χ2n) is 2.35. The smallest absolute Gasteiger partial charge is 0.449 e. The van der Waals surface area contributed by atoms with E-state index in [1.54, 1.807) is 0 Å². The molecular weight excluding hydrogens is 201 g/mol. The van der Waals surface area contributed by atoms with Crippen LogP contribution in [0.1, 0.15) is 11.5 Å². The van der Waals surface area contributed by atoms with Gasteiger partial charge < -0.3 is 14.3 Å². The monoisotopic (exact) mass is 205 g/mol. The first-order valence-electron chi connectivity index (χ1n) is 3.45. The highest BCUT2D eigenvalue weighted by molar-refractivity contribution is 5.82. The molecule has 0 spiro atoms. The van der Waals surface area contributed by atoms with Gasteiger partial charge in [-0.3, -0.25) is 0 Å². The maximum absolute atomic E-state index is 12.0. The molecule has 0 unspecified atom stereocenters. The van der Waals surface area contributed by atoms with E-state index in [1.165, 1.54) is 0 Å². The van der Waals surface area contributed by atoms with E-state index in [4.69, 9.17) is 0 Å². The predicted octanol–water partition coefficient (Wildman–Crippen LogP) is 1.06. The van der Waals surface area contributed by atoms with Crippen LogP contribution in [0.4, 0.5) is 13.2 Å². The number of halogens is 3. The molecule has 1 aromatic heterocycles. The van der Waals surface area contributed by atoms with Crippen molar-refractivity contribution in [3.8, 4) is 0 Å². The van der Waals surface area contributed by atoms with Crippen LogP contribution in [0.3, 0.4) is 0 Å². The third-order valence-corrected chi connectivity index (χ3v) is 1.29. The Morgan fingerprint density at radius 1 is 1.43 bits per heavy atom. The second kappa shape index (κ2) is 3.57. The van der Waals surface area contributed by atoms with Gasteiger partial charge >= 0.3 is 6.18 Å². The van der Waals surface area contributed by atoms with E-state index >= 15 is 0 Å². The third-order valence-electron chi connectivity index (χ3n) is 1.29. The number of rotatable bonds is 2. The number of alkyl halides is 3. The molecule has 0 aliphatic rings. The molecule has 0 fully saturated rings. The minimum Gasteiger partial charge on any atom is -0.545 e. The van der Waals surface area contributed by atoms with Crippen molar-refractivity contribution in [2.24, 2.45) is 0 Å². The van der Waals surface area contributed by atoms with Crippen LogP contribution >= 0.6 is 0 Å². The molecule has 1 heterocycles. The summed E-state index contributed by atoms with van der Waals surface area (Å²) in [6.45, 7) is 0.